The summed E-state index contributed by atoms with van der Waals surface area (Å²) in [7, 11) is -3.53. The molecule has 1 aromatic heterocycles. The molecule has 0 spiro atoms. The number of aromatic nitrogens is 2. The van der Waals surface area contributed by atoms with Gasteiger partial charge in [0, 0.05) is 43.0 Å². The zero-order valence-corrected chi connectivity index (χ0v) is 17.4. The van der Waals surface area contributed by atoms with Crippen LogP contribution in [0.2, 0.25) is 5.02 Å². The van der Waals surface area contributed by atoms with Crippen LogP contribution < -0.4 is 0 Å². The highest BCUT2D eigenvalue weighted by molar-refractivity contribution is 7.91. The van der Waals surface area contributed by atoms with Crippen LogP contribution in [0.5, 0.6) is 0 Å². The molecule has 6 nitrogen and oxygen atoms in total. The minimum atomic E-state index is -3.53. The molecule has 0 bridgehead atoms. The van der Waals surface area contributed by atoms with E-state index in [9.17, 15) is 13.2 Å². The Morgan fingerprint density at radius 2 is 1.83 bits per heavy atom. The number of sulfone groups is 1. The molecule has 1 amide bonds. The largest absolute Gasteiger partial charge is 0.343 e. The van der Waals surface area contributed by atoms with Gasteiger partial charge in [-0.2, -0.15) is 0 Å². The van der Waals surface area contributed by atoms with E-state index in [4.69, 9.17) is 11.6 Å². The van der Waals surface area contributed by atoms with Crippen LogP contribution in [0.25, 0.3) is 10.8 Å². The summed E-state index contributed by atoms with van der Waals surface area (Å²) in [5.41, 5.74) is 0. The van der Waals surface area contributed by atoms with Crippen molar-refractivity contribution >= 4 is 38.1 Å². The summed E-state index contributed by atoms with van der Waals surface area (Å²) < 4.78 is 27.5. The number of carbonyl (C=O) groups excluding carboxylic acids is 1. The van der Waals surface area contributed by atoms with Crippen LogP contribution >= 0.6 is 11.6 Å². The van der Waals surface area contributed by atoms with Gasteiger partial charge in [-0.25, -0.2) is 13.4 Å². The summed E-state index contributed by atoms with van der Waals surface area (Å²) in [5, 5.41) is 2.30. The smallest absolute Gasteiger partial charge is 0.223 e. The van der Waals surface area contributed by atoms with Crippen molar-refractivity contribution in [2.24, 2.45) is 0 Å². The van der Waals surface area contributed by atoms with Crippen molar-refractivity contribution in [3.05, 3.63) is 60.1 Å². The van der Waals surface area contributed by atoms with Crippen LogP contribution in [-0.4, -0.2) is 47.6 Å². The number of fused-ring (bicyclic) bond motifs is 1. The van der Waals surface area contributed by atoms with Crippen molar-refractivity contribution < 1.29 is 13.2 Å². The summed E-state index contributed by atoms with van der Waals surface area (Å²) in [6.07, 6.45) is 7.18. The van der Waals surface area contributed by atoms with Crippen LogP contribution in [0.4, 0.5) is 0 Å². The van der Waals surface area contributed by atoms with Crippen LogP contribution in [-0.2, 0) is 14.6 Å². The summed E-state index contributed by atoms with van der Waals surface area (Å²) in [5.74, 6) is -0.294. The van der Waals surface area contributed by atoms with Crippen LogP contribution in [0.15, 0.2) is 60.0 Å². The molecule has 0 saturated carbocycles. The average Bonchev–Trinajstić information content (AvgIpc) is 3.26. The van der Waals surface area contributed by atoms with E-state index in [1.165, 1.54) is 0 Å². The lowest BCUT2D eigenvalue weighted by molar-refractivity contribution is -0.132. The average molecular weight is 432 g/mol. The Kier molecular flexibility index (Phi) is 5.61. The molecule has 29 heavy (non-hydrogen) atoms. The highest BCUT2D eigenvalue weighted by atomic mass is 35.5. The van der Waals surface area contributed by atoms with Gasteiger partial charge >= 0.3 is 0 Å². The molecule has 1 fully saturated rings. The molecule has 1 aliphatic rings. The maximum absolute atomic E-state index is 12.7. The Bertz CT molecular complexity index is 1120. The molecule has 152 valence electrons. The fourth-order valence-corrected chi connectivity index (χ4v) is 5.23. The maximum Gasteiger partial charge on any atom is 0.223 e. The SMILES string of the molecule is O=C(CCS(=O)(=O)c1ccc2cc(Cl)ccc2c1)N1CCC(n2ccnc2)CC1. The molecular weight excluding hydrogens is 410 g/mol. The molecule has 0 aliphatic carbocycles. The van der Waals surface area contributed by atoms with Gasteiger partial charge in [0.2, 0.25) is 5.91 Å². The zero-order valence-electron chi connectivity index (χ0n) is 15.9. The zero-order chi connectivity index (χ0) is 20.4. The summed E-state index contributed by atoms with van der Waals surface area (Å²) in [4.78, 5) is 18.6. The molecule has 2 heterocycles. The normalized spacial score (nSPS) is 15.7. The molecule has 3 aromatic rings. The topological polar surface area (TPSA) is 72.3 Å². The fraction of sp³-hybridized carbons (Fsp3) is 0.333. The van der Waals surface area contributed by atoms with Gasteiger partial charge < -0.3 is 9.47 Å². The van der Waals surface area contributed by atoms with Crippen molar-refractivity contribution in [1.82, 2.24) is 14.5 Å². The van der Waals surface area contributed by atoms with E-state index < -0.39 is 9.84 Å². The molecule has 0 N–H and O–H groups in total. The fourth-order valence-electron chi connectivity index (χ4n) is 3.78. The van der Waals surface area contributed by atoms with Crippen molar-refractivity contribution in [3.63, 3.8) is 0 Å². The van der Waals surface area contributed by atoms with Gasteiger partial charge in [-0.3, -0.25) is 4.79 Å². The third-order valence-corrected chi connectivity index (χ3v) is 7.43. The minimum Gasteiger partial charge on any atom is -0.343 e. The van der Waals surface area contributed by atoms with Crippen molar-refractivity contribution in [1.29, 1.82) is 0 Å². The molecule has 1 aliphatic heterocycles. The molecule has 4 rings (SSSR count). The minimum absolute atomic E-state index is 0.00324. The lowest BCUT2D eigenvalue weighted by Crippen LogP contribution is -2.39. The second kappa shape index (κ2) is 8.16. The predicted octanol–water partition coefficient (Wildman–Crippen LogP) is 3.72. The number of amides is 1. The van der Waals surface area contributed by atoms with Crippen molar-refractivity contribution in [3.8, 4) is 0 Å². The first-order valence-corrected chi connectivity index (χ1v) is 11.6. The van der Waals surface area contributed by atoms with Gasteiger partial charge in [0.1, 0.15) is 0 Å². The number of nitrogens with zero attached hydrogens (tertiary/aromatic N) is 3. The number of hydrogen-bond acceptors (Lipinski definition) is 4. The van der Waals surface area contributed by atoms with Crippen LogP contribution in [0.3, 0.4) is 0 Å². The van der Waals surface area contributed by atoms with E-state index in [1.807, 2.05) is 6.20 Å². The van der Waals surface area contributed by atoms with Crippen molar-refractivity contribution in [2.45, 2.75) is 30.2 Å². The Labute approximate surface area is 175 Å². The van der Waals surface area contributed by atoms with E-state index >= 15 is 0 Å². The third-order valence-electron chi connectivity index (χ3n) is 5.48. The number of imidazole rings is 1. The number of hydrogen-bond donors (Lipinski definition) is 0. The van der Waals surface area contributed by atoms with E-state index in [1.54, 1.807) is 53.8 Å². The second-order valence-electron chi connectivity index (χ2n) is 7.34. The number of benzene rings is 2. The number of piperidine rings is 1. The Morgan fingerprint density at radius 1 is 1.10 bits per heavy atom. The highest BCUT2D eigenvalue weighted by Crippen LogP contribution is 2.25. The lowest BCUT2D eigenvalue weighted by atomic mass is 10.0. The highest BCUT2D eigenvalue weighted by Gasteiger charge is 2.25. The van der Waals surface area contributed by atoms with Gasteiger partial charge in [-0.1, -0.05) is 23.7 Å². The van der Waals surface area contributed by atoms with E-state index in [-0.39, 0.29) is 23.0 Å². The molecule has 0 atom stereocenters. The number of rotatable bonds is 5. The quantitative estimate of drug-likeness (QED) is 0.617. The first-order chi connectivity index (χ1) is 13.9. The summed E-state index contributed by atoms with van der Waals surface area (Å²) >= 11 is 5.98. The lowest BCUT2D eigenvalue weighted by Gasteiger charge is -2.32. The van der Waals surface area contributed by atoms with Crippen LogP contribution in [0, 0.1) is 0 Å². The molecule has 2 aromatic carbocycles. The van der Waals surface area contributed by atoms with Gasteiger partial charge in [-0.15, -0.1) is 0 Å². The molecule has 1 saturated heterocycles. The van der Waals surface area contributed by atoms with Crippen molar-refractivity contribution in [2.75, 3.05) is 18.8 Å². The molecule has 8 heteroatoms. The standard InChI is InChI=1S/C21H22ClN3O3S/c22-18-3-1-17-14-20(4-2-16(17)13-18)29(27,28)12-7-21(26)24-9-5-19(6-10-24)25-11-8-23-15-25/h1-4,8,11,13-15,19H,5-7,9-10,12H2. The number of likely N-dealkylation sites (tertiary alicyclic amines) is 1. The van der Waals surface area contributed by atoms with Gasteiger partial charge in [0.15, 0.2) is 9.84 Å². The summed E-state index contributed by atoms with van der Waals surface area (Å²) in [6.45, 7) is 1.27. The number of carbonyl (C=O) groups is 1. The third kappa shape index (κ3) is 4.46. The number of halogens is 1. The molecule has 0 radical (unpaired) electrons. The molecular formula is C21H22ClN3O3S. The predicted molar refractivity (Wildman–Crippen MR) is 113 cm³/mol. The van der Waals surface area contributed by atoms with Crippen LogP contribution in [0.1, 0.15) is 25.3 Å². The first kappa shape index (κ1) is 19.9. The first-order valence-electron chi connectivity index (χ1n) is 9.60. The Morgan fingerprint density at radius 3 is 2.55 bits per heavy atom. The summed E-state index contributed by atoms with van der Waals surface area (Å²) in [6, 6.07) is 10.6. The Hall–Kier alpha value is -2.38. The molecule has 0 unspecified atom stereocenters. The van der Waals surface area contributed by atoms with Gasteiger partial charge in [0.25, 0.3) is 0 Å². The maximum atomic E-state index is 12.7. The second-order valence-corrected chi connectivity index (χ2v) is 9.89. The van der Waals surface area contributed by atoms with Gasteiger partial charge in [-0.05, 0) is 47.9 Å². The van der Waals surface area contributed by atoms with E-state index in [2.05, 4.69) is 9.55 Å². The monoisotopic (exact) mass is 431 g/mol. The van der Waals surface area contributed by atoms with E-state index in [0.717, 1.165) is 23.6 Å². The van der Waals surface area contributed by atoms with E-state index in [0.29, 0.717) is 24.2 Å². The Balaban J connectivity index is 1.36. The van der Waals surface area contributed by atoms with Gasteiger partial charge in [0.05, 0.1) is 17.0 Å².